The van der Waals surface area contributed by atoms with E-state index in [4.69, 9.17) is 4.74 Å². The van der Waals surface area contributed by atoms with E-state index in [0.29, 0.717) is 0 Å². The van der Waals surface area contributed by atoms with Crippen LogP contribution in [0.2, 0.25) is 0 Å². The van der Waals surface area contributed by atoms with Crippen molar-refractivity contribution in [2.24, 2.45) is 0 Å². The number of rotatable bonds is 4. The van der Waals surface area contributed by atoms with Crippen molar-refractivity contribution in [3.8, 4) is 0 Å². The van der Waals surface area contributed by atoms with E-state index in [1.807, 2.05) is 20.8 Å². The Morgan fingerprint density at radius 3 is 2.41 bits per heavy atom. The van der Waals surface area contributed by atoms with Crippen molar-refractivity contribution in [2.75, 3.05) is 18.1 Å². The third-order valence-electron chi connectivity index (χ3n) is 2.17. The van der Waals surface area contributed by atoms with Gasteiger partial charge in [-0.15, -0.1) is 23.5 Å². The highest BCUT2D eigenvalue weighted by Gasteiger charge is 2.20. The monoisotopic (exact) mass is 278 g/mol. The summed E-state index contributed by atoms with van der Waals surface area (Å²) in [5.74, 6) is 2.19. The standard InChI is InChI=1S/C12H22O3S2/c1-12(2,3)15-8-10(14)9(13)7-11-16-5-4-6-17-11/h7,9-10,13-14H,4-6,8H2,1-3H3/t9-,10+/m1/s1. The van der Waals surface area contributed by atoms with Crippen LogP contribution in [0.4, 0.5) is 0 Å². The van der Waals surface area contributed by atoms with Crippen LogP contribution in [0.3, 0.4) is 0 Å². The van der Waals surface area contributed by atoms with E-state index < -0.39 is 12.2 Å². The molecule has 0 aromatic carbocycles. The molecule has 1 rings (SSSR count). The molecular weight excluding hydrogens is 256 g/mol. The topological polar surface area (TPSA) is 49.7 Å². The van der Waals surface area contributed by atoms with Gasteiger partial charge in [-0.2, -0.15) is 0 Å². The van der Waals surface area contributed by atoms with Crippen molar-refractivity contribution in [1.82, 2.24) is 0 Å². The smallest absolute Gasteiger partial charge is 0.107 e. The van der Waals surface area contributed by atoms with Crippen LogP contribution < -0.4 is 0 Å². The molecule has 5 heteroatoms. The summed E-state index contributed by atoms with van der Waals surface area (Å²) in [6.07, 6.45) is 1.25. The van der Waals surface area contributed by atoms with Gasteiger partial charge in [0.15, 0.2) is 0 Å². The molecule has 0 amide bonds. The number of hydrogen-bond donors (Lipinski definition) is 2. The SMILES string of the molecule is CC(C)(C)OC[C@H](O)[C@H](O)C=C1SCCCS1. The van der Waals surface area contributed by atoms with Crippen molar-refractivity contribution >= 4 is 23.5 Å². The maximum Gasteiger partial charge on any atom is 0.107 e. The lowest BCUT2D eigenvalue weighted by Crippen LogP contribution is -2.33. The highest BCUT2D eigenvalue weighted by molar-refractivity contribution is 8.22. The van der Waals surface area contributed by atoms with Gasteiger partial charge < -0.3 is 14.9 Å². The van der Waals surface area contributed by atoms with Gasteiger partial charge in [0.05, 0.1) is 12.2 Å². The van der Waals surface area contributed by atoms with E-state index in [1.165, 1.54) is 6.42 Å². The molecule has 1 heterocycles. The summed E-state index contributed by atoms with van der Waals surface area (Å²) in [4.78, 5) is 0. The van der Waals surface area contributed by atoms with Gasteiger partial charge >= 0.3 is 0 Å². The van der Waals surface area contributed by atoms with Crippen molar-refractivity contribution in [3.63, 3.8) is 0 Å². The van der Waals surface area contributed by atoms with Crippen LogP contribution in [0.5, 0.6) is 0 Å². The van der Waals surface area contributed by atoms with Gasteiger partial charge in [0.2, 0.25) is 0 Å². The van der Waals surface area contributed by atoms with E-state index in [1.54, 1.807) is 29.6 Å². The van der Waals surface area contributed by atoms with Crippen LogP contribution in [0.25, 0.3) is 0 Å². The first-order valence-corrected chi connectivity index (χ1v) is 7.83. The summed E-state index contributed by atoms with van der Waals surface area (Å²) in [5.41, 5.74) is -0.290. The second kappa shape index (κ2) is 7.04. The second-order valence-corrected chi connectivity index (χ2v) is 7.55. The summed E-state index contributed by atoms with van der Waals surface area (Å²) >= 11 is 3.49. The lowest BCUT2D eigenvalue weighted by atomic mass is 10.1. The lowest BCUT2D eigenvalue weighted by molar-refractivity contribution is -0.0747. The van der Waals surface area contributed by atoms with E-state index >= 15 is 0 Å². The third kappa shape index (κ3) is 6.72. The van der Waals surface area contributed by atoms with Crippen molar-refractivity contribution in [1.29, 1.82) is 0 Å². The Kier molecular flexibility index (Phi) is 6.37. The largest absolute Gasteiger partial charge is 0.388 e. The molecule has 1 fully saturated rings. The van der Waals surface area contributed by atoms with Gasteiger partial charge in [-0.25, -0.2) is 0 Å². The molecule has 1 aliphatic rings. The maximum absolute atomic E-state index is 9.83. The molecule has 0 aliphatic carbocycles. The quantitative estimate of drug-likeness (QED) is 0.826. The predicted octanol–water partition coefficient (Wildman–Crippen LogP) is 2.23. The Labute approximate surface area is 112 Å². The predicted molar refractivity (Wildman–Crippen MR) is 75.3 cm³/mol. The van der Waals surface area contributed by atoms with E-state index in [0.717, 1.165) is 15.7 Å². The normalized spacial score (nSPS) is 21.1. The first-order valence-electron chi connectivity index (χ1n) is 5.86. The van der Waals surface area contributed by atoms with E-state index in [9.17, 15) is 10.2 Å². The molecule has 0 radical (unpaired) electrons. The van der Waals surface area contributed by atoms with Gasteiger partial charge in [0, 0.05) is 4.24 Å². The minimum absolute atomic E-state index is 0.157. The summed E-state index contributed by atoms with van der Waals surface area (Å²) < 4.78 is 6.56. The van der Waals surface area contributed by atoms with Crippen LogP contribution in [0.1, 0.15) is 27.2 Å². The minimum Gasteiger partial charge on any atom is -0.388 e. The molecule has 0 saturated carbocycles. The van der Waals surface area contributed by atoms with Gasteiger partial charge in [0.1, 0.15) is 12.2 Å². The first-order chi connectivity index (χ1) is 7.88. The molecule has 2 N–H and O–H groups in total. The molecule has 0 aromatic heterocycles. The Bertz CT molecular complexity index is 253. The zero-order valence-electron chi connectivity index (χ0n) is 10.7. The molecular formula is C12H22O3S2. The Morgan fingerprint density at radius 2 is 1.88 bits per heavy atom. The molecule has 0 bridgehead atoms. The number of hydrogen-bond acceptors (Lipinski definition) is 5. The molecule has 100 valence electrons. The van der Waals surface area contributed by atoms with Gasteiger partial charge in [-0.1, -0.05) is 0 Å². The van der Waals surface area contributed by atoms with Crippen LogP contribution in [-0.2, 0) is 4.74 Å². The minimum atomic E-state index is -0.857. The molecule has 0 aromatic rings. The van der Waals surface area contributed by atoms with Crippen LogP contribution in [-0.4, -0.2) is 46.1 Å². The van der Waals surface area contributed by atoms with Crippen molar-refractivity contribution < 1.29 is 14.9 Å². The highest BCUT2D eigenvalue weighted by Crippen LogP contribution is 2.34. The Balaban J connectivity index is 2.37. The Hall–Kier alpha value is 0.320. The van der Waals surface area contributed by atoms with Gasteiger partial charge in [-0.05, 0) is 44.8 Å². The zero-order valence-corrected chi connectivity index (χ0v) is 12.3. The van der Waals surface area contributed by atoms with E-state index in [2.05, 4.69) is 0 Å². The molecule has 0 spiro atoms. The highest BCUT2D eigenvalue weighted by atomic mass is 32.2. The molecule has 3 nitrogen and oxygen atoms in total. The van der Waals surface area contributed by atoms with Crippen molar-refractivity contribution in [2.45, 2.75) is 45.0 Å². The number of thioether (sulfide) groups is 2. The van der Waals surface area contributed by atoms with Crippen LogP contribution >= 0.6 is 23.5 Å². The third-order valence-corrected chi connectivity index (χ3v) is 4.70. The van der Waals surface area contributed by atoms with Gasteiger partial charge in [-0.3, -0.25) is 0 Å². The average Bonchev–Trinajstić information content (AvgIpc) is 2.26. The summed E-state index contributed by atoms with van der Waals surface area (Å²) in [6, 6.07) is 0. The van der Waals surface area contributed by atoms with E-state index in [-0.39, 0.29) is 12.2 Å². The number of aliphatic hydroxyl groups excluding tert-OH is 2. The zero-order chi connectivity index (χ0) is 12.9. The molecule has 17 heavy (non-hydrogen) atoms. The lowest BCUT2D eigenvalue weighted by Gasteiger charge is -2.24. The number of ether oxygens (including phenoxy) is 1. The fraction of sp³-hybridized carbons (Fsp3) is 0.833. The average molecular weight is 278 g/mol. The summed E-state index contributed by atoms with van der Waals surface area (Å²) in [7, 11) is 0. The van der Waals surface area contributed by atoms with Crippen LogP contribution in [0.15, 0.2) is 10.3 Å². The summed E-state index contributed by atoms with van der Waals surface area (Å²) in [5, 5.41) is 19.6. The fourth-order valence-electron chi connectivity index (χ4n) is 1.23. The second-order valence-electron chi connectivity index (χ2n) is 5.02. The molecule has 2 atom stereocenters. The first kappa shape index (κ1) is 15.4. The fourth-order valence-corrected chi connectivity index (χ4v) is 3.69. The molecule has 0 unspecified atom stereocenters. The Morgan fingerprint density at radius 1 is 1.29 bits per heavy atom. The summed E-state index contributed by atoms with van der Waals surface area (Å²) in [6.45, 7) is 5.94. The number of aliphatic hydroxyl groups is 2. The van der Waals surface area contributed by atoms with Crippen molar-refractivity contribution in [3.05, 3.63) is 10.3 Å². The molecule has 1 aliphatic heterocycles. The maximum atomic E-state index is 9.83. The van der Waals surface area contributed by atoms with Gasteiger partial charge in [0.25, 0.3) is 0 Å². The molecule has 1 saturated heterocycles. The van der Waals surface area contributed by atoms with Crippen LogP contribution in [0, 0.1) is 0 Å².